The molecule has 2 unspecified atom stereocenters. The van der Waals surface area contributed by atoms with Crippen LogP contribution >= 0.6 is 11.6 Å². The van der Waals surface area contributed by atoms with Crippen LogP contribution in [0.1, 0.15) is 31.4 Å². The fraction of sp³-hybridized carbons (Fsp3) is 0.625. The molecule has 0 aromatic heterocycles. The summed E-state index contributed by atoms with van der Waals surface area (Å²) in [6, 6.07) is 3.99. The summed E-state index contributed by atoms with van der Waals surface area (Å²) in [7, 11) is 0. The Morgan fingerprint density at radius 3 is 2.95 bits per heavy atom. The Morgan fingerprint density at radius 1 is 1.24 bits per heavy atom. The number of halogens is 1. The number of hydrogen-bond donors (Lipinski definition) is 1. The first-order valence-corrected chi connectivity index (χ1v) is 8.08. The number of benzene rings is 1. The van der Waals surface area contributed by atoms with Gasteiger partial charge in [-0.3, -0.25) is 0 Å². The minimum Gasteiger partial charge on any atom is -0.486 e. The fourth-order valence-electron chi connectivity index (χ4n) is 3.05. The van der Waals surface area contributed by atoms with Crippen molar-refractivity contribution in [2.45, 2.75) is 25.9 Å². The van der Waals surface area contributed by atoms with E-state index in [-0.39, 0.29) is 6.10 Å². The molecule has 21 heavy (non-hydrogen) atoms. The van der Waals surface area contributed by atoms with E-state index in [4.69, 9.17) is 25.8 Å². The molecule has 4 nitrogen and oxygen atoms in total. The standard InChI is InChI=1S/C16H22ClNO3/c1-2-18-10-11-4-3-5-20-15(11)12-8-13(17)16-14(9-12)19-6-7-21-16/h8-9,11,15,18H,2-7,10H2,1H3. The molecule has 0 radical (unpaired) electrons. The van der Waals surface area contributed by atoms with Crippen molar-refractivity contribution in [3.63, 3.8) is 0 Å². The van der Waals surface area contributed by atoms with Crippen LogP contribution in [0.4, 0.5) is 0 Å². The molecule has 1 N–H and O–H groups in total. The van der Waals surface area contributed by atoms with Crippen LogP contribution in [-0.2, 0) is 4.74 Å². The van der Waals surface area contributed by atoms with Crippen molar-refractivity contribution >= 4 is 11.6 Å². The van der Waals surface area contributed by atoms with Gasteiger partial charge < -0.3 is 19.5 Å². The zero-order valence-electron chi connectivity index (χ0n) is 12.4. The second-order valence-electron chi connectivity index (χ2n) is 5.53. The first-order chi connectivity index (χ1) is 10.3. The molecule has 0 spiro atoms. The van der Waals surface area contributed by atoms with Gasteiger partial charge in [-0.15, -0.1) is 0 Å². The lowest BCUT2D eigenvalue weighted by Gasteiger charge is -2.33. The molecule has 5 heteroatoms. The van der Waals surface area contributed by atoms with Crippen LogP contribution in [0.2, 0.25) is 5.02 Å². The summed E-state index contributed by atoms with van der Waals surface area (Å²) in [5.41, 5.74) is 1.09. The van der Waals surface area contributed by atoms with E-state index in [1.807, 2.05) is 12.1 Å². The molecule has 2 atom stereocenters. The predicted octanol–water partition coefficient (Wildman–Crippen LogP) is 3.19. The van der Waals surface area contributed by atoms with E-state index < -0.39 is 0 Å². The second kappa shape index (κ2) is 6.86. The summed E-state index contributed by atoms with van der Waals surface area (Å²) in [4.78, 5) is 0. The largest absolute Gasteiger partial charge is 0.486 e. The van der Waals surface area contributed by atoms with Crippen molar-refractivity contribution in [1.82, 2.24) is 5.32 Å². The molecule has 3 rings (SSSR count). The van der Waals surface area contributed by atoms with Crippen molar-refractivity contribution < 1.29 is 14.2 Å². The van der Waals surface area contributed by atoms with Crippen LogP contribution in [0.3, 0.4) is 0 Å². The minimum atomic E-state index is 0.0751. The highest BCUT2D eigenvalue weighted by Gasteiger charge is 2.29. The van der Waals surface area contributed by atoms with E-state index in [0.717, 1.165) is 37.4 Å². The Morgan fingerprint density at radius 2 is 2.10 bits per heavy atom. The molecule has 0 amide bonds. The molecule has 116 valence electrons. The second-order valence-corrected chi connectivity index (χ2v) is 5.94. The lowest BCUT2D eigenvalue weighted by atomic mass is 9.89. The molecule has 0 saturated carbocycles. The summed E-state index contributed by atoms with van der Waals surface area (Å²) >= 11 is 6.34. The molecular formula is C16H22ClNO3. The monoisotopic (exact) mass is 311 g/mol. The van der Waals surface area contributed by atoms with Gasteiger partial charge in [0.1, 0.15) is 13.2 Å². The van der Waals surface area contributed by atoms with Crippen LogP contribution in [0.25, 0.3) is 0 Å². The van der Waals surface area contributed by atoms with Crippen LogP contribution < -0.4 is 14.8 Å². The topological polar surface area (TPSA) is 39.7 Å². The smallest absolute Gasteiger partial charge is 0.179 e. The van der Waals surface area contributed by atoms with Crippen LogP contribution in [-0.4, -0.2) is 32.9 Å². The van der Waals surface area contributed by atoms with Gasteiger partial charge in [0.15, 0.2) is 11.5 Å². The van der Waals surface area contributed by atoms with Gasteiger partial charge >= 0.3 is 0 Å². The van der Waals surface area contributed by atoms with Gasteiger partial charge in [-0.1, -0.05) is 18.5 Å². The van der Waals surface area contributed by atoms with Gasteiger partial charge in [-0.05, 0) is 37.1 Å². The van der Waals surface area contributed by atoms with E-state index in [2.05, 4.69) is 12.2 Å². The SMILES string of the molecule is CCNCC1CCCOC1c1cc(Cl)c2c(c1)OCCO2. The van der Waals surface area contributed by atoms with Crippen LogP contribution in [0, 0.1) is 5.92 Å². The first-order valence-electron chi connectivity index (χ1n) is 7.71. The van der Waals surface area contributed by atoms with Gasteiger partial charge in [-0.25, -0.2) is 0 Å². The van der Waals surface area contributed by atoms with Crippen LogP contribution in [0.5, 0.6) is 11.5 Å². The molecule has 0 aliphatic carbocycles. The van der Waals surface area contributed by atoms with Gasteiger partial charge in [0.25, 0.3) is 0 Å². The van der Waals surface area contributed by atoms with Gasteiger partial charge in [0.05, 0.1) is 11.1 Å². The molecule has 1 saturated heterocycles. The fourth-order valence-corrected chi connectivity index (χ4v) is 3.32. The number of nitrogens with one attached hydrogen (secondary N) is 1. The summed E-state index contributed by atoms with van der Waals surface area (Å²) in [6.07, 6.45) is 2.36. The summed E-state index contributed by atoms with van der Waals surface area (Å²) in [5, 5.41) is 4.04. The van der Waals surface area contributed by atoms with Crippen molar-refractivity contribution in [3.05, 3.63) is 22.7 Å². The van der Waals surface area contributed by atoms with E-state index in [9.17, 15) is 0 Å². The van der Waals surface area contributed by atoms with Crippen molar-refractivity contribution in [3.8, 4) is 11.5 Å². The summed E-state index contributed by atoms with van der Waals surface area (Å²) < 4.78 is 17.3. The van der Waals surface area contributed by atoms with E-state index in [1.165, 1.54) is 6.42 Å². The minimum absolute atomic E-state index is 0.0751. The van der Waals surface area contributed by atoms with Gasteiger partial charge in [0.2, 0.25) is 0 Å². The Kier molecular flexibility index (Phi) is 4.88. The number of ether oxygens (including phenoxy) is 3. The molecule has 1 aromatic rings. The van der Waals surface area contributed by atoms with Crippen LogP contribution in [0.15, 0.2) is 12.1 Å². The maximum Gasteiger partial charge on any atom is 0.179 e. The third-order valence-corrected chi connectivity index (χ3v) is 4.33. The number of hydrogen-bond acceptors (Lipinski definition) is 4. The van der Waals surface area contributed by atoms with Gasteiger partial charge in [-0.2, -0.15) is 0 Å². The molecule has 2 heterocycles. The Bertz CT molecular complexity index is 495. The normalized spacial score (nSPS) is 24.9. The van der Waals surface area contributed by atoms with Crippen molar-refractivity contribution in [2.75, 3.05) is 32.9 Å². The Labute approximate surface area is 130 Å². The molecular weight excluding hydrogens is 290 g/mol. The molecule has 1 fully saturated rings. The lowest BCUT2D eigenvalue weighted by Crippen LogP contribution is -2.32. The lowest BCUT2D eigenvalue weighted by molar-refractivity contribution is -0.0278. The molecule has 2 aliphatic rings. The van der Waals surface area contributed by atoms with E-state index in [0.29, 0.717) is 29.9 Å². The highest BCUT2D eigenvalue weighted by atomic mass is 35.5. The number of fused-ring (bicyclic) bond motifs is 1. The zero-order chi connectivity index (χ0) is 14.7. The quantitative estimate of drug-likeness (QED) is 0.927. The summed E-state index contributed by atoms with van der Waals surface area (Å²) in [6.45, 7) is 5.99. The molecule has 0 bridgehead atoms. The third kappa shape index (κ3) is 3.28. The average Bonchev–Trinajstić information content (AvgIpc) is 2.53. The third-order valence-electron chi connectivity index (χ3n) is 4.05. The highest BCUT2D eigenvalue weighted by molar-refractivity contribution is 6.32. The molecule has 1 aromatic carbocycles. The highest BCUT2D eigenvalue weighted by Crippen LogP contribution is 2.43. The average molecular weight is 312 g/mol. The first kappa shape index (κ1) is 14.9. The van der Waals surface area contributed by atoms with E-state index >= 15 is 0 Å². The zero-order valence-corrected chi connectivity index (χ0v) is 13.1. The molecule has 2 aliphatic heterocycles. The Balaban J connectivity index is 1.85. The predicted molar refractivity (Wildman–Crippen MR) is 82.4 cm³/mol. The van der Waals surface area contributed by atoms with Crippen molar-refractivity contribution in [2.24, 2.45) is 5.92 Å². The van der Waals surface area contributed by atoms with Gasteiger partial charge in [0, 0.05) is 19.1 Å². The summed E-state index contributed by atoms with van der Waals surface area (Å²) in [5.74, 6) is 1.86. The van der Waals surface area contributed by atoms with E-state index in [1.54, 1.807) is 0 Å². The Hall–Kier alpha value is -0.970. The van der Waals surface area contributed by atoms with Crippen molar-refractivity contribution in [1.29, 1.82) is 0 Å². The number of rotatable bonds is 4. The maximum absolute atomic E-state index is 6.34. The maximum atomic E-state index is 6.34.